The third-order valence-electron chi connectivity index (χ3n) is 4.96. The highest BCUT2D eigenvalue weighted by Gasteiger charge is 1.97. The molecule has 0 unspecified atom stereocenters. The zero-order chi connectivity index (χ0) is 19.4. The first kappa shape index (κ1) is 20.1. The molecule has 2 aromatic carbocycles. The van der Waals surface area contributed by atoms with Gasteiger partial charge in [-0.05, 0) is 42.3 Å². The Kier molecular flexibility index (Phi) is 8.11. The first-order valence-corrected chi connectivity index (χ1v) is 10.6. The van der Waals surface area contributed by atoms with Crippen LogP contribution in [0, 0.1) is 0 Å². The predicted octanol–water partition coefficient (Wildman–Crippen LogP) is 7.53. The van der Waals surface area contributed by atoms with Gasteiger partial charge in [0.05, 0.1) is 17.8 Å². The normalized spacial score (nSPS) is 11.3. The van der Waals surface area contributed by atoms with E-state index in [0.29, 0.717) is 0 Å². The molecule has 1 heterocycles. The standard InChI is InChI=1S/C26H31NO/c1-2-3-4-5-6-7-10-21-28-25-19-14-22(15-20-25)13-17-24-18-16-23-11-8-9-12-26(23)27-24/h8-9,11-20H,2-7,10,21H2,1H3. The van der Waals surface area contributed by atoms with E-state index in [1.165, 1.54) is 43.9 Å². The van der Waals surface area contributed by atoms with E-state index in [1.54, 1.807) is 0 Å². The molecule has 1 aromatic heterocycles. The van der Waals surface area contributed by atoms with Crippen LogP contribution in [0.15, 0.2) is 60.7 Å². The summed E-state index contributed by atoms with van der Waals surface area (Å²) in [4.78, 5) is 4.68. The van der Waals surface area contributed by atoms with Crippen LogP contribution in [-0.2, 0) is 0 Å². The number of hydrogen-bond donors (Lipinski definition) is 0. The molecule has 0 N–H and O–H groups in total. The van der Waals surface area contributed by atoms with Crippen LogP contribution in [0.2, 0.25) is 0 Å². The molecule has 0 saturated heterocycles. The van der Waals surface area contributed by atoms with Crippen molar-refractivity contribution >= 4 is 23.1 Å². The molecule has 0 atom stereocenters. The Morgan fingerprint density at radius 1 is 0.750 bits per heavy atom. The number of pyridine rings is 1. The summed E-state index contributed by atoms with van der Waals surface area (Å²) in [5.74, 6) is 0.951. The van der Waals surface area contributed by atoms with Crippen LogP contribution in [0.3, 0.4) is 0 Å². The maximum Gasteiger partial charge on any atom is 0.119 e. The number of rotatable bonds is 11. The van der Waals surface area contributed by atoms with E-state index in [0.717, 1.165) is 35.6 Å². The minimum absolute atomic E-state index is 0.809. The average molecular weight is 374 g/mol. The zero-order valence-electron chi connectivity index (χ0n) is 16.9. The molecular weight excluding hydrogens is 342 g/mol. The van der Waals surface area contributed by atoms with E-state index in [2.05, 4.69) is 66.5 Å². The molecule has 146 valence electrons. The molecular formula is C26H31NO. The Labute approximate surface area is 169 Å². The van der Waals surface area contributed by atoms with Crippen LogP contribution in [0.5, 0.6) is 5.75 Å². The summed E-state index contributed by atoms with van der Waals surface area (Å²) in [7, 11) is 0. The molecule has 0 aliphatic rings. The lowest BCUT2D eigenvalue weighted by Gasteiger charge is -2.06. The molecule has 0 aliphatic carbocycles. The fraction of sp³-hybridized carbons (Fsp3) is 0.346. The van der Waals surface area contributed by atoms with Crippen LogP contribution in [-0.4, -0.2) is 11.6 Å². The van der Waals surface area contributed by atoms with Crippen molar-refractivity contribution < 1.29 is 4.74 Å². The number of para-hydroxylation sites is 1. The van der Waals surface area contributed by atoms with Gasteiger partial charge in [0, 0.05) is 5.39 Å². The molecule has 0 fully saturated rings. The minimum Gasteiger partial charge on any atom is -0.494 e. The van der Waals surface area contributed by atoms with Crippen molar-refractivity contribution in [2.75, 3.05) is 6.61 Å². The van der Waals surface area contributed by atoms with Gasteiger partial charge in [-0.2, -0.15) is 0 Å². The van der Waals surface area contributed by atoms with E-state index < -0.39 is 0 Å². The van der Waals surface area contributed by atoms with E-state index in [9.17, 15) is 0 Å². The van der Waals surface area contributed by atoms with Gasteiger partial charge in [0.2, 0.25) is 0 Å². The van der Waals surface area contributed by atoms with Gasteiger partial charge in [-0.1, -0.05) is 87.9 Å². The van der Waals surface area contributed by atoms with Gasteiger partial charge < -0.3 is 4.74 Å². The van der Waals surface area contributed by atoms with E-state index in [1.807, 2.05) is 18.2 Å². The van der Waals surface area contributed by atoms with Crippen molar-refractivity contribution in [3.8, 4) is 5.75 Å². The zero-order valence-corrected chi connectivity index (χ0v) is 16.9. The number of fused-ring (bicyclic) bond motifs is 1. The van der Waals surface area contributed by atoms with Crippen LogP contribution >= 0.6 is 0 Å². The Balaban J connectivity index is 1.43. The fourth-order valence-electron chi connectivity index (χ4n) is 3.28. The Morgan fingerprint density at radius 3 is 2.32 bits per heavy atom. The number of aromatic nitrogens is 1. The van der Waals surface area contributed by atoms with E-state index >= 15 is 0 Å². The van der Waals surface area contributed by atoms with Crippen LogP contribution in [0.1, 0.15) is 63.1 Å². The van der Waals surface area contributed by atoms with E-state index in [-0.39, 0.29) is 0 Å². The van der Waals surface area contributed by atoms with E-state index in [4.69, 9.17) is 4.74 Å². The third-order valence-corrected chi connectivity index (χ3v) is 4.96. The molecule has 3 aromatic rings. The summed E-state index contributed by atoms with van der Waals surface area (Å²) < 4.78 is 5.86. The third kappa shape index (κ3) is 6.53. The molecule has 0 aliphatic heterocycles. The maximum atomic E-state index is 5.86. The van der Waals surface area contributed by atoms with Gasteiger partial charge in [0.25, 0.3) is 0 Å². The van der Waals surface area contributed by atoms with Crippen molar-refractivity contribution in [1.29, 1.82) is 0 Å². The quantitative estimate of drug-likeness (QED) is 0.324. The molecule has 0 spiro atoms. The van der Waals surface area contributed by atoms with Crippen LogP contribution in [0.4, 0.5) is 0 Å². The second kappa shape index (κ2) is 11.3. The van der Waals surface area contributed by atoms with Gasteiger partial charge in [-0.15, -0.1) is 0 Å². The molecule has 0 saturated carbocycles. The fourth-order valence-corrected chi connectivity index (χ4v) is 3.28. The molecule has 2 heteroatoms. The predicted molar refractivity (Wildman–Crippen MR) is 121 cm³/mol. The SMILES string of the molecule is CCCCCCCCCOc1ccc(C=Cc2ccc3ccccc3n2)cc1. The molecule has 2 nitrogen and oxygen atoms in total. The first-order valence-electron chi connectivity index (χ1n) is 10.6. The lowest BCUT2D eigenvalue weighted by molar-refractivity contribution is 0.304. The number of benzene rings is 2. The molecule has 0 radical (unpaired) electrons. The maximum absolute atomic E-state index is 5.86. The summed E-state index contributed by atoms with van der Waals surface area (Å²) >= 11 is 0. The lowest BCUT2D eigenvalue weighted by Crippen LogP contribution is -1.97. The topological polar surface area (TPSA) is 22.1 Å². The van der Waals surface area contributed by atoms with Gasteiger partial charge in [0.1, 0.15) is 5.75 Å². The molecule has 3 rings (SSSR count). The van der Waals surface area contributed by atoms with Gasteiger partial charge in [-0.25, -0.2) is 4.98 Å². The monoisotopic (exact) mass is 373 g/mol. The van der Waals surface area contributed by atoms with Crippen molar-refractivity contribution in [3.63, 3.8) is 0 Å². The first-order chi connectivity index (χ1) is 13.8. The lowest BCUT2D eigenvalue weighted by atomic mass is 10.1. The summed E-state index contributed by atoms with van der Waals surface area (Å²) in [6.07, 6.45) is 13.3. The van der Waals surface area contributed by atoms with Crippen molar-refractivity contribution in [2.45, 2.75) is 51.9 Å². The van der Waals surface area contributed by atoms with Crippen molar-refractivity contribution in [2.24, 2.45) is 0 Å². The summed E-state index contributed by atoms with van der Waals surface area (Å²) in [5, 5.41) is 1.17. The molecule has 28 heavy (non-hydrogen) atoms. The average Bonchev–Trinajstić information content (AvgIpc) is 2.75. The smallest absolute Gasteiger partial charge is 0.119 e. The Hall–Kier alpha value is -2.61. The second-order valence-corrected chi connectivity index (χ2v) is 7.30. The van der Waals surface area contributed by atoms with Crippen LogP contribution in [0.25, 0.3) is 23.1 Å². The second-order valence-electron chi connectivity index (χ2n) is 7.30. The molecule has 0 amide bonds. The highest BCUT2D eigenvalue weighted by atomic mass is 16.5. The Morgan fingerprint density at radius 2 is 1.50 bits per heavy atom. The van der Waals surface area contributed by atoms with Gasteiger partial charge in [-0.3, -0.25) is 0 Å². The Bertz CT molecular complexity index is 867. The summed E-state index contributed by atoms with van der Waals surface area (Å²) in [5.41, 5.74) is 3.15. The van der Waals surface area contributed by atoms with Crippen molar-refractivity contribution in [1.82, 2.24) is 4.98 Å². The summed E-state index contributed by atoms with van der Waals surface area (Å²) in [6, 6.07) is 20.6. The summed E-state index contributed by atoms with van der Waals surface area (Å²) in [6.45, 7) is 3.07. The minimum atomic E-state index is 0.809. The number of ether oxygens (including phenoxy) is 1. The number of nitrogens with zero attached hydrogens (tertiary/aromatic N) is 1. The molecule has 0 bridgehead atoms. The van der Waals surface area contributed by atoms with Crippen LogP contribution < -0.4 is 4.74 Å². The number of unbranched alkanes of at least 4 members (excludes halogenated alkanes) is 6. The van der Waals surface area contributed by atoms with Crippen molar-refractivity contribution in [3.05, 3.63) is 71.9 Å². The van der Waals surface area contributed by atoms with Gasteiger partial charge in [0.15, 0.2) is 0 Å². The largest absolute Gasteiger partial charge is 0.494 e. The highest BCUT2D eigenvalue weighted by Crippen LogP contribution is 2.17. The number of hydrogen-bond acceptors (Lipinski definition) is 2. The van der Waals surface area contributed by atoms with Gasteiger partial charge >= 0.3 is 0 Å². The highest BCUT2D eigenvalue weighted by molar-refractivity contribution is 5.80.